The van der Waals surface area contributed by atoms with Gasteiger partial charge in [0, 0.05) is 6.54 Å². The molecule has 0 bridgehead atoms. The molecule has 1 rings (SSSR count). The van der Waals surface area contributed by atoms with Crippen molar-refractivity contribution in [2.24, 2.45) is 0 Å². The van der Waals surface area contributed by atoms with Gasteiger partial charge in [-0.25, -0.2) is 4.79 Å². The molecule has 142 valence electrons. The largest absolute Gasteiger partial charge is 0.479 e. The molecule has 0 heterocycles. The number of unbranched alkanes of at least 4 members (excludes halogenated alkanes) is 7. The van der Waals surface area contributed by atoms with Gasteiger partial charge in [0.15, 0.2) is 6.10 Å². The van der Waals surface area contributed by atoms with Gasteiger partial charge in [0.05, 0.1) is 0 Å². The summed E-state index contributed by atoms with van der Waals surface area (Å²) in [7, 11) is 0. The maximum absolute atomic E-state index is 10.5. The van der Waals surface area contributed by atoms with Crippen LogP contribution in [0.2, 0.25) is 0 Å². The molecule has 1 atom stereocenters. The molecule has 0 aromatic heterocycles. The second-order valence-corrected chi connectivity index (χ2v) is 6.86. The van der Waals surface area contributed by atoms with Crippen LogP contribution in [-0.4, -0.2) is 28.8 Å². The molecule has 25 heavy (non-hydrogen) atoms. The van der Waals surface area contributed by atoms with Gasteiger partial charge < -0.3 is 15.5 Å². The van der Waals surface area contributed by atoms with Crippen molar-refractivity contribution in [3.8, 4) is 0 Å². The normalized spacial score (nSPS) is 12.2. The van der Waals surface area contributed by atoms with E-state index in [2.05, 4.69) is 36.5 Å². The van der Waals surface area contributed by atoms with E-state index in [9.17, 15) is 9.90 Å². The lowest BCUT2D eigenvalue weighted by atomic mass is 10.0. The molecule has 0 aliphatic carbocycles. The Morgan fingerprint density at radius 2 is 1.52 bits per heavy atom. The van der Waals surface area contributed by atoms with Gasteiger partial charge in [0.2, 0.25) is 0 Å². The van der Waals surface area contributed by atoms with Crippen molar-refractivity contribution in [3.63, 3.8) is 0 Å². The Bertz CT molecular complexity index is 459. The predicted octanol–water partition coefficient (Wildman–Crippen LogP) is 4.30. The number of aliphatic carboxylic acids is 1. The quantitative estimate of drug-likeness (QED) is 0.413. The van der Waals surface area contributed by atoms with E-state index in [4.69, 9.17) is 5.11 Å². The van der Waals surface area contributed by atoms with E-state index in [0.717, 1.165) is 6.42 Å². The van der Waals surface area contributed by atoms with E-state index >= 15 is 0 Å². The second-order valence-electron chi connectivity index (χ2n) is 6.86. The number of aryl methyl sites for hydroxylation is 1. The summed E-state index contributed by atoms with van der Waals surface area (Å²) in [5.41, 5.74) is 2.57. The van der Waals surface area contributed by atoms with Crippen LogP contribution >= 0.6 is 0 Å². The molecule has 0 spiro atoms. The summed E-state index contributed by atoms with van der Waals surface area (Å²) in [6.45, 7) is 3.45. The SMILES string of the molecule is CCCCCCCCCCc1ccc(CNCCC(O)C(=O)O)cc1. The zero-order valence-electron chi connectivity index (χ0n) is 15.7. The van der Waals surface area contributed by atoms with E-state index in [1.165, 1.54) is 62.5 Å². The van der Waals surface area contributed by atoms with Crippen LogP contribution in [0.25, 0.3) is 0 Å². The van der Waals surface area contributed by atoms with Crippen molar-refractivity contribution in [1.29, 1.82) is 0 Å². The van der Waals surface area contributed by atoms with E-state index in [-0.39, 0.29) is 6.42 Å². The van der Waals surface area contributed by atoms with E-state index in [1.807, 2.05) is 0 Å². The molecule has 3 N–H and O–H groups in total. The highest BCUT2D eigenvalue weighted by Crippen LogP contribution is 2.12. The fourth-order valence-electron chi connectivity index (χ4n) is 2.88. The summed E-state index contributed by atoms with van der Waals surface area (Å²) in [5, 5.41) is 21.0. The van der Waals surface area contributed by atoms with Crippen LogP contribution in [-0.2, 0) is 17.8 Å². The first-order chi connectivity index (χ1) is 12.1. The van der Waals surface area contributed by atoms with Crippen molar-refractivity contribution >= 4 is 5.97 Å². The van der Waals surface area contributed by atoms with E-state index in [1.54, 1.807) is 0 Å². The van der Waals surface area contributed by atoms with Gasteiger partial charge in [-0.3, -0.25) is 0 Å². The Hall–Kier alpha value is -1.39. The van der Waals surface area contributed by atoms with Crippen LogP contribution in [0.3, 0.4) is 0 Å². The molecule has 0 amide bonds. The van der Waals surface area contributed by atoms with Crippen LogP contribution in [0.1, 0.15) is 75.8 Å². The number of hydrogen-bond donors (Lipinski definition) is 3. The molecule has 0 aliphatic rings. The first-order valence-electron chi connectivity index (χ1n) is 9.83. The fraction of sp³-hybridized carbons (Fsp3) is 0.667. The molecule has 1 aromatic rings. The van der Waals surface area contributed by atoms with Crippen molar-refractivity contribution in [2.75, 3.05) is 6.54 Å². The van der Waals surface area contributed by atoms with Crippen LogP contribution < -0.4 is 5.32 Å². The molecule has 4 heteroatoms. The Balaban J connectivity index is 2.08. The van der Waals surface area contributed by atoms with Crippen molar-refractivity contribution in [2.45, 2.75) is 83.8 Å². The number of benzene rings is 1. The maximum atomic E-state index is 10.5. The van der Waals surface area contributed by atoms with Gasteiger partial charge in [0.1, 0.15) is 0 Å². The number of carbonyl (C=O) groups is 1. The Labute approximate surface area is 152 Å². The second kappa shape index (κ2) is 13.9. The standard InChI is InChI=1S/C21H35NO3/c1-2-3-4-5-6-7-8-9-10-18-11-13-19(14-12-18)17-22-16-15-20(23)21(24)25/h11-14,20,22-23H,2-10,15-17H2,1H3,(H,24,25). The average Bonchev–Trinajstić information content (AvgIpc) is 2.61. The number of nitrogens with one attached hydrogen (secondary N) is 1. The summed E-state index contributed by atoms with van der Waals surface area (Å²) in [6.07, 6.45) is 10.9. The average molecular weight is 350 g/mol. The first-order valence-corrected chi connectivity index (χ1v) is 9.83. The lowest BCUT2D eigenvalue weighted by Gasteiger charge is -2.08. The van der Waals surface area contributed by atoms with Crippen molar-refractivity contribution < 1.29 is 15.0 Å². The smallest absolute Gasteiger partial charge is 0.332 e. The first kappa shape index (κ1) is 21.7. The van der Waals surface area contributed by atoms with Crippen molar-refractivity contribution in [1.82, 2.24) is 5.32 Å². The Kier molecular flexibility index (Phi) is 12.0. The van der Waals surface area contributed by atoms with Crippen LogP contribution in [0.4, 0.5) is 0 Å². The topological polar surface area (TPSA) is 69.6 Å². The Morgan fingerprint density at radius 3 is 2.12 bits per heavy atom. The minimum Gasteiger partial charge on any atom is -0.479 e. The zero-order valence-corrected chi connectivity index (χ0v) is 15.7. The molecular weight excluding hydrogens is 314 g/mol. The fourth-order valence-corrected chi connectivity index (χ4v) is 2.88. The summed E-state index contributed by atoms with van der Waals surface area (Å²) in [4.78, 5) is 10.5. The van der Waals surface area contributed by atoms with Gasteiger partial charge in [-0.1, -0.05) is 76.1 Å². The number of hydrogen-bond acceptors (Lipinski definition) is 3. The minimum atomic E-state index is -1.28. The van der Waals surface area contributed by atoms with Crippen LogP contribution in [0.15, 0.2) is 24.3 Å². The van der Waals surface area contributed by atoms with Gasteiger partial charge in [-0.05, 0) is 36.9 Å². The lowest BCUT2D eigenvalue weighted by Crippen LogP contribution is -2.25. The molecule has 1 unspecified atom stereocenters. The molecule has 1 aromatic carbocycles. The number of aliphatic hydroxyl groups excluding tert-OH is 1. The molecule has 0 aliphatic heterocycles. The Morgan fingerprint density at radius 1 is 0.960 bits per heavy atom. The monoisotopic (exact) mass is 349 g/mol. The predicted molar refractivity (Wildman–Crippen MR) is 103 cm³/mol. The number of aliphatic hydroxyl groups is 1. The van der Waals surface area contributed by atoms with Crippen molar-refractivity contribution in [3.05, 3.63) is 35.4 Å². The highest BCUT2D eigenvalue weighted by atomic mass is 16.4. The highest BCUT2D eigenvalue weighted by molar-refractivity contribution is 5.71. The maximum Gasteiger partial charge on any atom is 0.332 e. The van der Waals surface area contributed by atoms with Crippen LogP contribution in [0, 0.1) is 0 Å². The van der Waals surface area contributed by atoms with E-state index < -0.39 is 12.1 Å². The summed E-state index contributed by atoms with van der Waals surface area (Å²) < 4.78 is 0. The molecule has 4 nitrogen and oxygen atoms in total. The van der Waals surface area contributed by atoms with Gasteiger partial charge in [0.25, 0.3) is 0 Å². The third-order valence-electron chi connectivity index (χ3n) is 4.55. The summed E-state index contributed by atoms with van der Waals surface area (Å²) >= 11 is 0. The lowest BCUT2D eigenvalue weighted by molar-refractivity contribution is -0.146. The molecule has 0 radical (unpaired) electrons. The number of rotatable bonds is 15. The van der Waals surface area contributed by atoms with Gasteiger partial charge in [-0.2, -0.15) is 0 Å². The minimum absolute atomic E-state index is 0.228. The summed E-state index contributed by atoms with van der Waals surface area (Å²) in [6, 6.07) is 8.62. The number of carboxylic acids is 1. The molecule has 0 saturated carbocycles. The highest BCUT2D eigenvalue weighted by Gasteiger charge is 2.11. The molecule has 0 saturated heterocycles. The molecule has 0 fully saturated rings. The molecular formula is C21H35NO3. The zero-order chi connectivity index (χ0) is 18.3. The summed E-state index contributed by atoms with van der Waals surface area (Å²) in [5.74, 6) is -1.16. The third-order valence-corrected chi connectivity index (χ3v) is 4.55. The van der Waals surface area contributed by atoms with Crippen LogP contribution in [0.5, 0.6) is 0 Å². The van der Waals surface area contributed by atoms with Gasteiger partial charge in [-0.15, -0.1) is 0 Å². The van der Waals surface area contributed by atoms with E-state index in [0.29, 0.717) is 13.1 Å². The number of carboxylic acid groups (broad SMARTS) is 1. The van der Waals surface area contributed by atoms with Gasteiger partial charge >= 0.3 is 5.97 Å². The third kappa shape index (κ3) is 11.0.